The van der Waals surface area contributed by atoms with Gasteiger partial charge in [-0.2, -0.15) is 0 Å². The van der Waals surface area contributed by atoms with Crippen LogP contribution in [0.15, 0.2) is 42.5 Å². The average Bonchev–Trinajstić information content (AvgIpc) is 2.52. The molecule has 2 aromatic carbocycles. The van der Waals surface area contributed by atoms with Gasteiger partial charge in [-0.3, -0.25) is 0 Å². The second-order valence-corrected chi connectivity index (χ2v) is 5.86. The zero-order chi connectivity index (χ0) is 16.8. The van der Waals surface area contributed by atoms with Gasteiger partial charge in [0, 0.05) is 11.1 Å². The first-order valence-electron chi connectivity index (χ1n) is 7.92. The van der Waals surface area contributed by atoms with Crippen LogP contribution in [-0.2, 0) is 6.42 Å². The molecule has 0 amide bonds. The highest BCUT2D eigenvalue weighted by Crippen LogP contribution is 2.23. The molecule has 1 atom stereocenters. The predicted octanol–water partition coefficient (Wildman–Crippen LogP) is 5.65. The van der Waals surface area contributed by atoms with E-state index in [0.717, 1.165) is 18.4 Å². The van der Waals surface area contributed by atoms with Crippen molar-refractivity contribution in [2.75, 3.05) is 0 Å². The minimum atomic E-state index is -0.500. The van der Waals surface area contributed by atoms with Crippen LogP contribution in [0.2, 0.25) is 0 Å². The van der Waals surface area contributed by atoms with Crippen molar-refractivity contribution in [1.82, 2.24) is 0 Å². The van der Waals surface area contributed by atoms with E-state index >= 15 is 0 Å². The molecule has 0 bridgehead atoms. The molecule has 23 heavy (non-hydrogen) atoms. The molecule has 0 aromatic heterocycles. The van der Waals surface area contributed by atoms with Crippen molar-refractivity contribution >= 4 is 6.08 Å². The number of phenolic OH excluding ortho intramolecular Hbond substituents is 1. The van der Waals surface area contributed by atoms with Crippen LogP contribution < -0.4 is 0 Å². The Kier molecular flexibility index (Phi) is 5.91. The number of para-hydroxylation sites is 1. The van der Waals surface area contributed by atoms with Gasteiger partial charge >= 0.3 is 0 Å². The van der Waals surface area contributed by atoms with Crippen molar-refractivity contribution in [1.29, 1.82) is 0 Å². The summed E-state index contributed by atoms with van der Waals surface area (Å²) < 4.78 is 27.4. The zero-order valence-electron chi connectivity index (χ0n) is 13.5. The van der Waals surface area contributed by atoms with Crippen molar-refractivity contribution in [2.24, 2.45) is 5.92 Å². The molecule has 0 fully saturated rings. The Balaban J connectivity index is 2.17. The van der Waals surface area contributed by atoms with E-state index in [1.807, 2.05) is 24.3 Å². The molecule has 0 saturated carbocycles. The van der Waals surface area contributed by atoms with Crippen molar-refractivity contribution in [3.63, 3.8) is 0 Å². The smallest absolute Gasteiger partial charge is 0.129 e. The summed E-state index contributed by atoms with van der Waals surface area (Å²) in [5, 5.41) is 9.80. The monoisotopic (exact) mass is 316 g/mol. The number of phenols is 1. The van der Waals surface area contributed by atoms with Crippen LogP contribution in [0.4, 0.5) is 8.78 Å². The maximum absolute atomic E-state index is 13.7. The maximum atomic E-state index is 13.7. The van der Waals surface area contributed by atoms with E-state index in [-0.39, 0.29) is 17.2 Å². The number of rotatable bonds is 6. The van der Waals surface area contributed by atoms with Gasteiger partial charge in [-0.05, 0) is 49.4 Å². The fraction of sp³-hybridized carbons (Fsp3) is 0.300. The van der Waals surface area contributed by atoms with Crippen LogP contribution in [0.25, 0.3) is 6.08 Å². The molecule has 1 N–H and O–H groups in total. The molecule has 0 heterocycles. The number of allylic oxidation sites excluding steroid dienone is 1. The van der Waals surface area contributed by atoms with E-state index in [4.69, 9.17) is 0 Å². The summed E-state index contributed by atoms with van der Waals surface area (Å²) in [7, 11) is 0. The van der Waals surface area contributed by atoms with Gasteiger partial charge in [0.15, 0.2) is 0 Å². The van der Waals surface area contributed by atoms with Crippen LogP contribution >= 0.6 is 0 Å². The molecule has 122 valence electrons. The molecule has 0 radical (unpaired) electrons. The molecule has 0 aliphatic heterocycles. The van der Waals surface area contributed by atoms with Crippen LogP contribution in [0.5, 0.6) is 5.75 Å². The molecule has 0 aliphatic carbocycles. The van der Waals surface area contributed by atoms with Crippen LogP contribution in [0.1, 0.15) is 36.5 Å². The standard InChI is InChI=1S/C20H22F2O/c1-3-6-15(9-10-17-7-4-5-8-20(17)23)11-16-12-18(21)14(2)19(22)13-16/h4-5,7-10,12-13,15,23H,3,6,11H2,1-2H3/b10-9+. The van der Waals surface area contributed by atoms with Gasteiger partial charge < -0.3 is 5.11 Å². The van der Waals surface area contributed by atoms with Gasteiger partial charge in [0.1, 0.15) is 17.4 Å². The molecular formula is C20H22F2O. The van der Waals surface area contributed by atoms with E-state index in [2.05, 4.69) is 6.92 Å². The second-order valence-electron chi connectivity index (χ2n) is 5.86. The Bertz CT molecular complexity index is 669. The van der Waals surface area contributed by atoms with E-state index in [1.54, 1.807) is 12.1 Å². The van der Waals surface area contributed by atoms with Gasteiger partial charge in [0.25, 0.3) is 0 Å². The minimum Gasteiger partial charge on any atom is -0.507 e. The largest absolute Gasteiger partial charge is 0.507 e. The van der Waals surface area contributed by atoms with Crippen LogP contribution in [0, 0.1) is 24.5 Å². The lowest BCUT2D eigenvalue weighted by atomic mass is 9.93. The lowest BCUT2D eigenvalue weighted by Crippen LogP contribution is -2.03. The van der Waals surface area contributed by atoms with Crippen molar-refractivity contribution in [3.05, 3.63) is 70.8 Å². The number of hydrogen-bond acceptors (Lipinski definition) is 1. The highest BCUT2D eigenvalue weighted by Gasteiger charge is 2.11. The SMILES string of the molecule is CCCC(/C=C/c1ccccc1O)Cc1cc(F)c(C)c(F)c1. The quantitative estimate of drug-likeness (QED) is 0.730. The summed E-state index contributed by atoms with van der Waals surface area (Å²) >= 11 is 0. The van der Waals surface area contributed by atoms with E-state index in [9.17, 15) is 13.9 Å². The summed E-state index contributed by atoms with van der Waals surface area (Å²) in [5.41, 5.74) is 1.46. The number of aromatic hydroxyl groups is 1. The Hall–Kier alpha value is -2.16. The van der Waals surface area contributed by atoms with E-state index in [1.165, 1.54) is 19.1 Å². The first-order chi connectivity index (χ1) is 11.0. The zero-order valence-corrected chi connectivity index (χ0v) is 13.5. The van der Waals surface area contributed by atoms with Gasteiger partial charge in [0.05, 0.1) is 0 Å². The van der Waals surface area contributed by atoms with E-state index < -0.39 is 11.6 Å². The summed E-state index contributed by atoms with van der Waals surface area (Å²) in [6.45, 7) is 3.52. The summed E-state index contributed by atoms with van der Waals surface area (Å²) in [4.78, 5) is 0. The highest BCUT2D eigenvalue weighted by atomic mass is 19.1. The molecule has 0 spiro atoms. The Morgan fingerprint density at radius 2 is 1.78 bits per heavy atom. The Morgan fingerprint density at radius 3 is 2.39 bits per heavy atom. The third-order valence-electron chi connectivity index (χ3n) is 3.98. The summed E-state index contributed by atoms with van der Waals surface area (Å²) in [6.07, 6.45) is 6.35. The Morgan fingerprint density at radius 1 is 1.13 bits per heavy atom. The fourth-order valence-corrected chi connectivity index (χ4v) is 2.62. The molecule has 3 heteroatoms. The van der Waals surface area contributed by atoms with Crippen molar-refractivity contribution < 1.29 is 13.9 Å². The van der Waals surface area contributed by atoms with Gasteiger partial charge in [-0.25, -0.2) is 8.78 Å². The normalized spacial score (nSPS) is 12.7. The molecule has 0 aliphatic rings. The minimum absolute atomic E-state index is 0.0607. The van der Waals surface area contributed by atoms with Crippen molar-refractivity contribution in [2.45, 2.75) is 33.1 Å². The second kappa shape index (κ2) is 7.91. The van der Waals surface area contributed by atoms with Crippen LogP contribution in [-0.4, -0.2) is 5.11 Å². The van der Waals surface area contributed by atoms with Gasteiger partial charge in [-0.15, -0.1) is 0 Å². The first-order valence-corrected chi connectivity index (χ1v) is 7.92. The maximum Gasteiger partial charge on any atom is 0.129 e. The molecule has 1 nitrogen and oxygen atoms in total. The predicted molar refractivity (Wildman–Crippen MR) is 90.3 cm³/mol. The molecule has 0 saturated heterocycles. The topological polar surface area (TPSA) is 20.2 Å². The van der Waals surface area contributed by atoms with Gasteiger partial charge in [0.2, 0.25) is 0 Å². The molecular weight excluding hydrogens is 294 g/mol. The number of hydrogen-bond donors (Lipinski definition) is 1. The number of halogens is 2. The van der Waals surface area contributed by atoms with E-state index in [0.29, 0.717) is 12.0 Å². The van der Waals surface area contributed by atoms with Crippen LogP contribution in [0.3, 0.4) is 0 Å². The molecule has 1 unspecified atom stereocenters. The molecule has 2 aromatic rings. The summed E-state index contributed by atoms with van der Waals surface area (Å²) in [6, 6.07) is 9.93. The lowest BCUT2D eigenvalue weighted by molar-refractivity contribution is 0.474. The van der Waals surface area contributed by atoms with Crippen molar-refractivity contribution in [3.8, 4) is 5.75 Å². The summed E-state index contributed by atoms with van der Waals surface area (Å²) in [5.74, 6) is -0.604. The third kappa shape index (κ3) is 4.65. The third-order valence-corrected chi connectivity index (χ3v) is 3.98. The highest BCUT2D eigenvalue weighted by molar-refractivity contribution is 5.56. The van der Waals surface area contributed by atoms with Gasteiger partial charge in [-0.1, -0.05) is 43.7 Å². The first kappa shape index (κ1) is 17.2. The number of benzene rings is 2. The average molecular weight is 316 g/mol. The lowest BCUT2D eigenvalue weighted by Gasteiger charge is -2.13. The Labute approximate surface area is 136 Å². The fourth-order valence-electron chi connectivity index (χ4n) is 2.62. The molecule has 2 rings (SSSR count).